The molecule has 0 radical (unpaired) electrons. The van der Waals surface area contributed by atoms with Gasteiger partial charge in [-0.25, -0.2) is 0 Å². The number of hydrogen-bond acceptors (Lipinski definition) is 2. The van der Waals surface area contributed by atoms with Crippen LogP contribution in [0.1, 0.15) is 26.3 Å². The van der Waals surface area contributed by atoms with Gasteiger partial charge in [0.05, 0.1) is 5.60 Å². The minimum Gasteiger partial charge on any atom is -0.399 e. The molecule has 1 rings (SSSR count). The smallest absolute Gasteiger partial charge is 0.0891 e. The first kappa shape index (κ1) is 10.1. The summed E-state index contributed by atoms with van der Waals surface area (Å²) < 4.78 is 0. The summed E-state index contributed by atoms with van der Waals surface area (Å²) in [6.45, 7) is 5.82. The van der Waals surface area contributed by atoms with Crippen molar-refractivity contribution in [2.24, 2.45) is 5.92 Å². The Balaban J connectivity index is 3.01. The van der Waals surface area contributed by atoms with Crippen molar-refractivity contribution < 1.29 is 5.11 Å². The normalized spacial score (nSPS) is 15.8. The van der Waals surface area contributed by atoms with E-state index in [4.69, 9.17) is 5.73 Å². The monoisotopic (exact) mass is 179 g/mol. The van der Waals surface area contributed by atoms with E-state index >= 15 is 0 Å². The minimum absolute atomic E-state index is 0.191. The molecule has 2 nitrogen and oxygen atoms in total. The second-order valence-electron chi connectivity index (χ2n) is 3.92. The molecule has 0 saturated heterocycles. The van der Waals surface area contributed by atoms with Crippen LogP contribution in [0.15, 0.2) is 24.3 Å². The van der Waals surface area contributed by atoms with E-state index in [0.29, 0.717) is 0 Å². The molecule has 1 atom stereocenters. The standard InChI is InChI=1S/C11H17NO/c1-8(2)11(3,13)9-4-6-10(12)7-5-9/h4-8,13H,12H2,1-3H3. The quantitative estimate of drug-likeness (QED) is 0.683. The first-order valence-corrected chi connectivity index (χ1v) is 4.53. The molecule has 0 aromatic heterocycles. The van der Waals surface area contributed by atoms with Crippen molar-refractivity contribution in [1.29, 1.82) is 0 Å². The zero-order valence-corrected chi connectivity index (χ0v) is 8.41. The zero-order chi connectivity index (χ0) is 10.1. The van der Waals surface area contributed by atoms with Crippen molar-refractivity contribution >= 4 is 5.69 Å². The second-order valence-corrected chi connectivity index (χ2v) is 3.92. The molecule has 0 spiro atoms. The summed E-state index contributed by atoms with van der Waals surface area (Å²) in [4.78, 5) is 0. The molecule has 1 unspecified atom stereocenters. The van der Waals surface area contributed by atoms with Gasteiger partial charge in [0.1, 0.15) is 0 Å². The van der Waals surface area contributed by atoms with E-state index in [2.05, 4.69) is 0 Å². The lowest BCUT2D eigenvalue weighted by Gasteiger charge is -2.28. The second kappa shape index (κ2) is 3.38. The summed E-state index contributed by atoms with van der Waals surface area (Å²) in [6, 6.07) is 7.36. The molecule has 13 heavy (non-hydrogen) atoms. The topological polar surface area (TPSA) is 46.2 Å². The fourth-order valence-corrected chi connectivity index (χ4v) is 1.15. The molecule has 1 aromatic carbocycles. The van der Waals surface area contributed by atoms with Crippen LogP contribution in [0.4, 0.5) is 5.69 Å². The van der Waals surface area contributed by atoms with Crippen molar-refractivity contribution in [2.75, 3.05) is 5.73 Å². The highest BCUT2D eigenvalue weighted by atomic mass is 16.3. The highest BCUT2D eigenvalue weighted by Crippen LogP contribution is 2.28. The lowest BCUT2D eigenvalue weighted by molar-refractivity contribution is 0.00907. The third-order valence-corrected chi connectivity index (χ3v) is 2.62. The first-order valence-electron chi connectivity index (χ1n) is 4.53. The summed E-state index contributed by atoms with van der Waals surface area (Å²) in [5.74, 6) is 0.191. The van der Waals surface area contributed by atoms with Gasteiger partial charge in [-0.3, -0.25) is 0 Å². The van der Waals surface area contributed by atoms with Crippen LogP contribution in [0.3, 0.4) is 0 Å². The Bertz CT molecular complexity index is 275. The van der Waals surface area contributed by atoms with Crippen molar-refractivity contribution in [3.05, 3.63) is 29.8 Å². The predicted octanol–water partition coefficient (Wildman–Crippen LogP) is 2.13. The van der Waals surface area contributed by atoms with Crippen LogP contribution in [-0.2, 0) is 5.60 Å². The number of benzene rings is 1. The predicted molar refractivity (Wildman–Crippen MR) is 55.3 cm³/mol. The van der Waals surface area contributed by atoms with Gasteiger partial charge in [0.15, 0.2) is 0 Å². The van der Waals surface area contributed by atoms with E-state index in [1.807, 2.05) is 45.0 Å². The van der Waals surface area contributed by atoms with Crippen LogP contribution < -0.4 is 5.73 Å². The number of nitrogen functional groups attached to an aromatic ring is 1. The van der Waals surface area contributed by atoms with Gasteiger partial charge in [-0.15, -0.1) is 0 Å². The van der Waals surface area contributed by atoms with Crippen LogP contribution in [0.25, 0.3) is 0 Å². The highest BCUT2D eigenvalue weighted by Gasteiger charge is 2.26. The number of rotatable bonds is 2. The molecule has 72 valence electrons. The number of anilines is 1. The molecule has 0 aliphatic heterocycles. The Kier molecular flexibility index (Phi) is 2.62. The molecule has 0 amide bonds. The van der Waals surface area contributed by atoms with E-state index < -0.39 is 5.60 Å². The van der Waals surface area contributed by atoms with Crippen LogP contribution in [0.2, 0.25) is 0 Å². The van der Waals surface area contributed by atoms with E-state index in [1.54, 1.807) is 0 Å². The zero-order valence-electron chi connectivity index (χ0n) is 8.41. The fourth-order valence-electron chi connectivity index (χ4n) is 1.15. The van der Waals surface area contributed by atoms with Gasteiger partial charge in [-0.2, -0.15) is 0 Å². The van der Waals surface area contributed by atoms with Crippen molar-refractivity contribution in [3.8, 4) is 0 Å². The van der Waals surface area contributed by atoms with Crippen LogP contribution in [0, 0.1) is 5.92 Å². The Labute approximate surface area is 79.4 Å². The van der Waals surface area contributed by atoms with E-state index in [-0.39, 0.29) is 5.92 Å². The molecule has 0 aliphatic carbocycles. The molecule has 0 aliphatic rings. The lowest BCUT2D eigenvalue weighted by Crippen LogP contribution is -2.27. The molecular formula is C11H17NO. The Morgan fingerprint density at radius 3 is 2.08 bits per heavy atom. The summed E-state index contributed by atoms with van der Waals surface area (Å²) >= 11 is 0. The molecule has 0 heterocycles. The van der Waals surface area contributed by atoms with Gasteiger partial charge in [-0.05, 0) is 30.5 Å². The number of nitrogens with two attached hydrogens (primary N) is 1. The maximum Gasteiger partial charge on any atom is 0.0891 e. The van der Waals surface area contributed by atoms with Crippen molar-refractivity contribution in [1.82, 2.24) is 0 Å². The first-order chi connectivity index (χ1) is 5.94. The molecule has 1 aromatic rings. The Morgan fingerprint density at radius 1 is 1.23 bits per heavy atom. The molecule has 2 heteroatoms. The van der Waals surface area contributed by atoms with Crippen molar-refractivity contribution in [2.45, 2.75) is 26.4 Å². The van der Waals surface area contributed by atoms with Crippen molar-refractivity contribution in [3.63, 3.8) is 0 Å². The van der Waals surface area contributed by atoms with E-state index in [9.17, 15) is 5.11 Å². The third-order valence-electron chi connectivity index (χ3n) is 2.62. The van der Waals surface area contributed by atoms with Gasteiger partial charge in [0.2, 0.25) is 0 Å². The average molecular weight is 179 g/mol. The van der Waals surface area contributed by atoms with E-state index in [1.165, 1.54) is 0 Å². The minimum atomic E-state index is -0.770. The Morgan fingerprint density at radius 2 is 1.69 bits per heavy atom. The molecule has 3 N–H and O–H groups in total. The van der Waals surface area contributed by atoms with E-state index in [0.717, 1.165) is 11.3 Å². The Hall–Kier alpha value is -1.02. The fraction of sp³-hybridized carbons (Fsp3) is 0.455. The summed E-state index contributed by atoms with van der Waals surface area (Å²) in [5.41, 5.74) is 6.43. The summed E-state index contributed by atoms with van der Waals surface area (Å²) in [6.07, 6.45) is 0. The summed E-state index contributed by atoms with van der Waals surface area (Å²) in [7, 11) is 0. The van der Waals surface area contributed by atoms with Gasteiger partial charge in [-0.1, -0.05) is 26.0 Å². The number of hydrogen-bond donors (Lipinski definition) is 2. The molecular weight excluding hydrogens is 162 g/mol. The van der Waals surface area contributed by atoms with Crippen LogP contribution in [0.5, 0.6) is 0 Å². The number of aliphatic hydroxyl groups is 1. The van der Waals surface area contributed by atoms with Gasteiger partial charge in [0, 0.05) is 5.69 Å². The maximum atomic E-state index is 10.1. The largest absolute Gasteiger partial charge is 0.399 e. The van der Waals surface area contributed by atoms with Crippen LogP contribution in [-0.4, -0.2) is 5.11 Å². The third kappa shape index (κ3) is 2.01. The highest BCUT2D eigenvalue weighted by molar-refractivity contribution is 5.40. The summed E-state index contributed by atoms with van der Waals surface area (Å²) in [5, 5.41) is 10.1. The van der Waals surface area contributed by atoms with Gasteiger partial charge >= 0.3 is 0 Å². The average Bonchev–Trinajstić information content (AvgIpc) is 2.04. The maximum absolute atomic E-state index is 10.1. The van der Waals surface area contributed by atoms with Crippen LogP contribution >= 0.6 is 0 Å². The molecule has 0 saturated carbocycles. The molecule has 0 bridgehead atoms. The van der Waals surface area contributed by atoms with Gasteiger partial charge in [0.25, 0.3) is 0 Å². The van der Waals surface area contributed by atoms with Gasteiger partial charge < -0.3 is 10.8 Å². The lowest BCUT2D eigenvalue weighted by atomic mass is 9.85. The molecule has 0 fully saturated rings. The SMILES string of the molecule is CC(C)C(C)(O)c1ccc(N)cc1.